The van der Waals surface area contributed by atoms with E-state index in [4.69, 9.17) is 0 Å². The van der Waals surface area contributed by atoms with Crippen molar-refractivity contribution in [1.82, 2.24) is 5.32 Å². The summed E-state index contributed by atoms with van der Waals surface area (Å²) < 4.78 is 13.4. The number of hydrogen-bond donors (Lipinski definition) is 1. The molecule has 0 saturated heterocycles. The first-order valence-electron chi connectivity index (χ1n) is 6.24. The van der Waals surface area contributed by atoms with Crippen molar-refractivity contribution in [3.63, 3.8) is 0 Å². The van der Waals surface area contributed by atoms with Crippen LogP contribution in [0.3, 0.4) is 0 Å². The second kappa shape index (κ2) is 6.14. The van der Waals surface area contributed by atoms with E-state index in [-0.39, 0.29) is 24.2 Å². The highest BCUT2D eigenvalue weighted by Gasteiger charge is 2.11. The Kier molecular flexibility index (Phi) is 4.29. The molecule has 0 unspecified atom stereocenters. The summed E-state index contributed by atoms with van der Waals surface area (Å²) in [5, 5.41) is 2.87. The molecular formula is C16H16FNO. The molecule has 19 heavy (non-hydrogen) atoms. The first-order valence-corrected chi connectivity index (χ1v) is 6.24. The van der Waals surface area contributed by atoms with Gasteiger partial charge in [0.2, 0.25) is 5.91 Å². The van der Waals surface area contributed by atoms with E-state index >= 15 is 0 Å². The Morgan fingerprint density at radius 3 is 2.42 bits per heavy atom. The summed E-state index contributed by atoms with van der Waals surface area (Å²) >= 11 is 0. The number of amides is 1. The third-order valence-electron chi connectivity index (χ3n) is 2.99. The van der Waals surface area contributed by atoms with Gasteiger partial charge in [-0.2, -0.15) is 0 Å². The van der Waals surface area contributed by atoms with E-state index in [2.05, 4.69) is 5.32 Å². The molecule has 0 radical (unpaired) electrons. The molecule has 2 aromatic rings. The second-order valence-corrected chi connectivity index (χ2v) is 4.47. The highest BCUT2D eigenvalue weighted by molar-refractivity contribution is 5.79. The fourth-order valence-corrected chi connectivity index (χ4v) is 1.93. The summed E-state index contributed by atoms with van der Waals surface area (Å²) in [6.07, 6.45) is 0.0594. The van der Waals surface area contributed by atoms with Gasteiger partial charge in [0.05, 0.1) is 12.5 Å². The van der Waals surface area contributed by atoms with Gasteiger partial charge in [-0.3, -0.25) is 4.79 Å². The number of carbonyl (C=O) groups is 1. The first kappa shape index (κ1) is 13.3. The second-order valence-electron chi connectivity index (χ2n) is 4.47. The molecule has 0 fully saturated rings. The minimum Gasteiger partial charge on any atom is -0.349 e. The summed E-state index contributed by atoms with van der Waals surface area (Å²) in [5.74, 6) is -0.522. The van der Waals surface area contributed by atoms with Gasteiger partial charge < -0.3 is 5.32 Å². The van der Waals surface area contributed by atoms with Crippen LogP contribution in [-0.2, 0) is 11.2 Å². The molecule has 2 aromatic carbocycles. The smallest absolute Gasteiger partial charge is 0.225 e. The number of halogens is 1. The molecule has 2 rings (SSSR count). The summed E-state index contributed by atoms with van der Waals surface area (Å²) in [6.45, 7) is 1.91. The molecular weight excluding hydrogens is 241 g/mol. The van der Waals surface area contributed by atoms with Crippen molar-refractivity contribution in [2.75, 3.05) is 0 Å². The maximum absolute atomic E-state index is 13.4. The van der Waals surface area contributed by atoms with Crippen LogP contribution < -0.4 is 5.32 Å². The monoisotopic (exact) mass is 257 g/mol. The topological polar surface area (TPSA) is 29.1 Å². The predicted octanol–water partition coefficient (Wildman–Crippen LogP) is 3.25. The maximum atomic E-state index is 13.4. The van der Waals surface area contributed by atoms with E-state index in [0.29, 0.717) is 5.56 Å². The van der Waals surface area contributed by atoms with Crippen molar-refractivity contribution in [2.24, 2.45) is 0 Å². The number of hydrogen-bond acceptors (Lipinski definition) is 1. The van der Waals surface area contributed by atoms with Crippen molar-refractivity contribution in [3.05, 3.63) is 71.5 Å². The number of rotatable bonds is 4. The third kappa shape index (κ3) is 3.65. The average Bonchev–Trinajstić information content (AvgIpc) is 2.42. The largest absolute Gasteiger partial charge is 0.349 e. The van der Waals surface area contributed by atoms with E-state index < -0.39 is 0 Å². The lowest BCUT2D eigenvalue weighted by Gasteiger charge is -2.14. The molecule has 0 spiro atoms. The van der Waals surface area contributed by atoms with Gasteiger partial charge in [0, 0.05) is 0 Å². The summed E-state index contributed by atoms with van der Waals surface area (Å²) in [4.78, 5) is 11.9. The summed E-state index contributed by atoms with van der Waals surface area (Å²) in [5.41, 5.74) is 1.45. The van der Waals surface area contributed by atoms with Gasteiger partial charge in [-0.05, 0) is 24.1 Å². The van der Waals surface area contributed by atoms with Gasteiger partial charge in [0.25, 0.3) is 0 Å². The van der Waals surface area contributed by atoms with E-state index in [1.165, 1.54) is 6.07 Å². The zero-order valence-corrected chi connectivity index (χ0v) is 10.8. The molecule has 1 amide bonds. The van der Waals surface area contributed by atoms with E-state index in [1.54, 1.807) is 18.2 Å². The number of carbonyl (C=O) groups excluding carboxylic acids is 1. The Hall–Kier alpha value is -2.16. The fraction of sp³-hybridized carbons (Fsp3) is 0.188. The third-order valence-corrected chi connectivity index (χ3v) is 2.99. The fourth-order valence-electron chi connectivity index (χ4n) is 1.93. The molecule has 0 aliphatic rings. The number of benzene rings is 2. The van der Waals surface area contributed by atoms with Gasteiger partial charge in [-0.25, -0.2) is 4.39 Å². The molecule has 1 N–H and O–H groups in total. The van der Waals surface area contributed by atoms with Gasteiger partial charge >= 0.3 is 0 Å². The first-order chi connectivity index (χ1) is 9.16. The van der Waals surface area contributed by atoms with Gasteiger partial charge in [-0.1, -0.05) is 48.5 Å². The molecule has 0 saturated carbocycles. The van der Waals surface area contributed by atoms with E-state index in [0.717, 1.165) is 5.56 Å². The zero-order valence-electron chi connectivity index (χ0n) is 10.8. The van der Waals surface area contributed by atoms with Crippen LogP contribution in [0.15, 0.2) is 54.6 Å². The quantitative estimate of drug-likeness (QED) is 0.895. The minimum atomic E-state index is -0.343. The molecule has 0 aliphatic carbocycles. The van der Waals surface area contributed by atoms with Crippen molar-refractivity contribution in [3.8, 4) is 0 Å². The average molecular weight is 257 g/mol. The predicted molar refractivity (Wildman–Crippen MR) is 73.1 cm³/mol. The van der Waals surface area contributed by atoms with Gasteiger partial charge in [0.1, 0.15) is 5.82 Å². The Bertz CT molecular complexity index is 554. The van der Waals surface area contributed by atoms with E-state index in [1.807, 2.05) is 37.3 Å². The highest BCUT2D eigenvalue weighted by atomic mass is 19.1. The highest BCUT2D eigenvalue weighted by Crippen LogP contribution is 2.12. The molecule has 0 aliphatic heterocycles. The van der Waals surface area contributed by atoms with E-state index in [9.17, 15) is 9.18 Å². The van der Waals surface area contributed by atoms with Crippen molar-refractivity contribution in [2.45, 2.75) is 19.4 Å². The molecule has 0 aromatic heterocycles. The SMILES string of the molecule is C[C@H](NC(=O)Cc1ccccc1F)c1ccccc1. The number of nitrogens with one attached hydrogen (secondary N) is 1. The van der Waals surface area contributed by atoms with Crippen LogP contribution in [0.2, 0.25) is 0 Å². The normalized spacial score (nSPS) is 11.9. The van der Waals surface area contributed by atoms with Crippen molar-refractivity contribution >= 4 is 5.91 Å². The van der Waals surface area contributed by atoms with Crippen LogP contribution in [0.25, 0.3) is 0 Å². The Morgan fingerprint density at radius 1 is 1.11 bits per heavy atom. The lowest BCUT2D eigenvalue weighted by Crippen LogP contribution is -2.28. The molecule has 0 heterocycles. The van der Waals surface area contributed by atoms with Gasteiger partial charge in [0.15, 0.2) is 0 Å². The van der Waals surface area contributed by atoms with Crippen molar-refractivity contribution in [1.29, 1.82) is 0 Å². The summed E-state index contributed by atoms with van der Waals surface area (Å²) in [7, 11) is 0. The summed E-state index contributed by atoms with van der Waals surface area (Å²) in [6, 6.07) is 15.9. The van der Waals surface area contributed by atoms with Crippen LogP contribution in [0, 0.1) is 5.82 Å². The lowest BCUT2D eigenvalue weighted by molar-refractivity contribution is -0.121. The lowest BCUT2D eigenvalue weighted by atomic mass is 10.1. The Labute approximate surface area is 112 Å². The Morgan fingerprint density at radius 2 is 1.74 bits per heavy atom. The minimum absolute atomic E-state index is 0.0594. The van der Waals surface area contributed by atoms with Crippen LogP contribution in [0.4, 0.5) is 4.39 Å². The standard InChI is InChI=1S/C16H16FNO/c1-12(13-7-3-2-4-8-13)18-16(19)11-14-9-5-6-10-15(14)17/h2-10,12H,11H2,1H3,(H,18,19)/t12-/m0/s1. The maximum Gasteiger partial charge on any atom is 0.225 e. The molecule has 1 atom stereocenters. The van der Waals surface area contributed by atoms with Crippen LogP contribution in [0.5, 0.6) is 0 Å². The van der Waals surface area contributed by atoms with Crippen LogP contribution in [0.1, 0.15) is 24.1 Å². The van der Waals surface area contributed by atoms with Gasteiger partial charge in [-0.15, -0.1) is 0 Å². The van der Waals surface area contributed by atoms with Crippen LogP contribution >= 0.6 is 0 Å². The molecule has 0 bridgehead atoms. The molecule has 2 nitrogen and oxygen atoms in total. The van der Waals surface area contributed by atoms with Crippen LogP contribution in [-0.4, -0.2) is 5.91 Å². The van der Waals surface area contributed by atoms with Crippen molar-refractivity contribution < 1.29 is 9.18 Å². The molecule has 3 heteroatoms. The molecule has 98 valence electrons. The zero-order chi connectivity index (χ0) is 13.7. The Balaban J connectivity index is 1.97.